The van der Waals surface area contributed by atoms with E-state index in [-0.39, 0.29) is 11.7 Å². The van der Waals surface area contributed by atoms with Crippen molar-refractivity contribution in [3.8, 4) is 5.75 Å². The maximum Gasteiger partial charge on any atom is 0.231 e. The molecule has 0 aliphatic carbocycles. The first kappa shape index (κ1) is 15.6. The summed E-state index contributed by atoms with van der Waals surface area (Å²) < 4.78 is 5.12. The fraction of sp³-hybridized carbons (Fsp3) is 0.222. The predicted octanol–water partition coefficient (Wildman–Crippen LogP) is 3.19. The molecule has 1 aliphatic heterocycles. The Bertz CT molecular complexity index is 755. The third-order valence-electron chi connectivity index (χ3n) is 3.91. The number of Topliss-reactive ketones (excluding diaryl/α,β-unsaturated/α-hetero) is 1. The summed E-state index contributed by atoms with van der Waals surface area (Å²) in [4.78, 5) is 26.7. The number of ether oxygens (including phenoxy) is 1. The highest BCUT2D eigenvalue weighted by molar-refractivity contribution is 8.00. The van der Waals surface area contributed by atoms with E-state index in [0.717, 1.165) is 21.9 Å². The molecule has 0 fully saturated rings. The van der Waals surface area contributed by atoms with Crippen LogP contribution in [0.3, 0.4) is 0 Å². The van der Waals surface area contributed by atoms with Gasteiger partial charge in [-0.15, -0.1) is 11.8 Å². The molecular formula is C18H17NO3S. The number of likely N-dealkylation sites (N-methyl/N-ethyl adjacent to an activating group) is 1. The fourth-order valence-electron chi connectivity index (χ4n) is 2.55. The Morgan fingerprint density at radius 3 is 2.65 bits per heavy atom. The number of carbonyl (C=O) groups is 2. The summed E-state index contributed by atoms with van der Waals surface area (Å²) in [5.41, 5.74) is 2.49. The zero-order chi connectivity index (χ0) is 16.4. The molecule has 0 saturated heterocycles. The van der Waals surface area contributed by atoms with E-state index < -0.39 is 0 Å². The van der Waals surface area contributed by atoms with Crippen molar-refractivity contribution < 1.29 is 14.3 Å². The molecule has 23 heavy (non-hydrogen) atoms. The maximum absolute atomic E-state index is 12.4. The Morgan fingerprint density at radius 1 is 1.22 bits per heavy atom. The standard InChI is InChI=1S/C18H17NO3S/c1-19-16-8-3-12(9-13(16)10-18(19)21)17(20)11-23-15-6-4-14(22-2)5-7-15/h3-9H,10-11H2,1-2H3. The summed E-state index contributed by atoms with van der Waals surface area (Å²) in [5.74, 6) is 1.30. The molecule has 0 radical (unpaired) electrons. The minimum absolute atomic E-state index is 0.0654. The number of benzene rings is 2. The van der Waals surface area contributed by atoms with Crippen LogP contribution in [0.15, 0.2) is 47.4 Å². The molecule has 118 valence electrons. The third-order valence-corrected chi connectivity index (χ3v) is 4.92. The van der Waals surface area contributed by atoms with E-state index in [2.05, 4.69) is 0 Å². The molecule has 0 bridgehead atoms. The number of methoxy groups -OCH3 is 1. The lowest BCUT2D eigenvalue weighted by Gasteiger charge is -2.10. The smallest absolute Gasteiger partial charge is 0.231 e. The van der Waals surface area contributed by atoms with Crippen molar-refractivity contribution in [1.29, 1.82) is 0 Å². The van der Waals surface area contributed by atoms with Crippen LogP contribution in [0, 0.1) is 0 Å². The van der Waals surface area contributed by atoms with Gasteiger partial charge >= 0.3 is 0 Å². The molecule has 2 aromatic rings. The van der Waals surface area contributed by atoms with E-state index in [1.54, 1.807) is 25.1 Å². The lowest BCUT2D eigenvalue weighted by atomic mass is 10.1. The van der Waals surface area contributed by atoms with E-state index in [0.29, 0.717) is 17.7 Å². The molecule has 1 amide bonds. The van der Waals surface area contributed by atoms with E-state index in [9.17, 15) is 9.59 Å². The van der Waals surface area contributed by atoms with Crippen molar-refractivity contribution in [3.63, 3.8) is 0 Å². The Hall–Kier alpha value is -2.27. The van der Waals surface area contributed by atoms with Crippen LogP contribution in [-0.4, -0.2) is 31.6 Å². The van der Waals surface area contributed by atoms with Gasteiger partial charge in [0.15, 0.2) is 5.78 Å². The molecular weight excluding hydrogens is 310 g/mol. The topological polar surface area (TPSA) is 46.6 Å². The molecule has 0 N–H and O–H groups in total. The molecule has 1 heterocycles. The van der Waals surface area contributed by atoms with Crippen LogP contribution in [-0.2, 0) is 11.2 Å². The van der Waals surface area contributed by atoms with Crippen molar-refractivity contribution in [2.24, 2.45) is 0 Å². The Kier molecular flexibility index (Phi) is 4.39. The van der Waals surface area contributed by atoms with Crippen LogP contribution in [0.2, 0.25) is 0 Å². The van der Waals surface area contributed by atoms with E-state index in [1.165, 1.54) is 11.8 Å². The number of amides is 1. The van der Waals surface area contributed by atoms with Gasteiger partial charge in [-0.3, -0.25) is 9.59 Å². The average molecular weight is 327 g/mol. The number of thioether (sulfide) groups is 1. The first-order valence-electron chi connectivity index (χ1n) is 7.28. The van der Waals surface area contributed by atoms with Crippen molar-refractivity contribution in [2.45, 2.75) is 11.3 Å². The number of carbonyl (C=O) groups excluding carboxylic acids is 2. The number of nitrogens with zero attached hydrogens (tertiary/aromatic N) is 1. The minimum atomic E-state index is 0.0654. The normalized spacial score (nSPS) is 13.1. The largest absolute Gasteiger partial charge is 0.497 e. The predicted molar refractivity (Wildman–Crippen MR) is 91.6 cm³/mol. The van der Waals surface area contributed by atoms with Crippen molar-refractivity contribution in [2.75, 3.05) is 24.8 Å². The zero-order valence-electron chi connectivity index (χ0n) is 13.0. The van der Waals surface area contributed by atoms with Crippen LogP contribution in [0.5, 0.6) is 5.75 Å². The molecule has 0 spiro atoms. The van der Waals surface area contributed by atoms with Gasteiger partial charge in [0.1, 0.15) is 5.75 Å². The van der Waals surface area contributed by atoms with Crippen LogP contribution in [0.4, 0.5) is 5.69 Å². The molecule has 4 nitrogen and oxygen atoms in total. The Labute approximate surface area is 139 Å². The Balaban J connectivity index is 1.67. The van der Waals surface area contributed by atoms with E-state index in [1.807, 2.05) is 36.4 Å². The minimum Gasteiger partial charge on any atom is -0.497 e. The number of rotatable bonds is 5. The maximum atomic E-state index is 12.4. The van der Waals surface area contributed by atoms with E-state index in [4.69, 9.17) is 4.74 Å². The number of anilines is 1. The van der Waals surface area contributed by atoms with Crippen molar-refractivity contribution in [3.05, 3.63) is 53.6 Å². The van der Waals surface area contributed by atoms with Gasteiger partial charge in [0, 0.05) is 23.2 Å². The van der Waals surface area contributed by atoms with Crippen molar-refractivity contribution in [1.82, 2.24) is 0 Å². The molecule has 0 atom stereocenters. The fourth-order valence-corrected chi connectivity index (χ4v) is 3.34. The Morgan fingerprint density at radius 2 is 1.96 bits per heavy atom. The lowest BCUT2D eigenvalue weighted by Crippen LogP contribution is -2.20. The summed E-state index contributed by atoms with van der Waals surface area (Å²) in [7, 11) is 3.39. The van der Waals surface area contributed by atoms with Gasteiger partial charge in [0.25, 0.3) is 0 Å². The van der Waals surface area contributed by atoms with Gasteiger partial charge in [0.05, 0.1) is 19.3 Å². The second-order valence-corrected chi connectivity index (χ2v) is 6.41. The van der Waals surface area contributed by atoms with Gasteiger partial charge in [0.2, 0.25) is 5.91 Å². The van der Waals surface area contributed by atoms with Gasteiger partial charge in [-0.05, 0) is 48.0 Å². The first-order chi connectivity index (χ1) is 11.1. The van der Waals surface area contributed by atoms with Crippen molar-refractivity contribution >= 4 is 29.1 Å². The number of hydrogen-bond acceptors (Lipinski definition) is 4. The quantitative estimate of drug-likeness (QED) is 0.625. The molecule has 0 unspecified atom stereocenters. The molecule has 0 saturated carbocycles. The lowest BCUT2D eigenvalue weighted by molar-refractivity contribution is -0.117. The van der Waals surface area contributed by atoms with Gasteiger partial charge < -0.3 is 9.64 Å². The molecule has 5 heteroatoms. The molecule has 3 rings (SSSR count). The van der Waals surface area contributed by atoms with Crippen LogP contribution in [0.1, 0.15) is 15.9 Å². The third kappa shape index (κ3) is 3.24. The highest BCUT2D eigenvalue weighted by Crippen LogP contribution is 2.29. The second kappa shape index (κ2) is 6.46. The molecule has 0 aromatic heterocycles. The van der Waals surface area contributed by atoms with Gasteiger partial charge in [-0.1, -0.05) is 0 Å². The summed E-state index contributed by atoms with van der Waals surface area (Å²) in [6.45, 7) is 0. The molecule has 2 aromatic carbocycles. The van der Waals surface area contributed by atoms with Crippen LogP contribution in [0.25, 0.3) is 0 Å². The number of hydrogen-bond donors (Lipinski definition) is 0. The zero-order valence-corrected chi connectivity index (χ0v) is 13.9. The first-order valence-corrected chi connectivity index (χ1v) is 8.26. The van der Waals surface area contributed by atoms with Crippen LogP contribution < -0.4 is 9.64 Å². The average Bonchev–Trinajstić information content (AvgIpc) is 2.87. The van der Waals surface area contributed by atoms with Gasteiger partial charge in [-0.2, -0.15) is 0 Å². The summed E-state index contributed by atoms with van der Waals surface area (Å²) in [5, 5.41) is 0. The van der Waals surface area contributed by atoms with Gasteiger partial charge in [-0.25, -0.2) is 0 Å². The highest BCUT2D eigenvalue weighted by Gasteiger charge is 2.24. The van der Waals surface area contributed by atoms with Crippen LogP contribution >= 0.6 is 11.8 Å². The summed E-state index contributed by atoms with van der Waals surface area (Å²) in [6.07, 6.45) is 0.374. The molecule has 1 aliphatic rings. The number of ketones is 1. The number of fused-ring (bicyclic) bond motifs is 1. The van der Waals surface area contributed by atoms with E-state index >= 15 is 0 Å². The summed E-state index contributed by atoms with van der Waals surface area (Å²) >= 11 is 1.49. The second-order valence-electron chi connectivity index (χ2n) is 5.36. The highest BCUT2D eigenvalue weighted by atomic mass is 32.2. The summed E-state index contributed by atoms with van der Waals surface area (Å²) in [6, 6.07) is 13.1. The monoisotopic (exact) mass is 327 g/mol. The SMILES string of the molecule is COc1ccc(SCC(=O)c2ccc3c(c2)CC(=O)N3C)cc1.